The van der Waals surface area contributed by atoms with Gasteiger partial charge in [-0.25, -0.2) is 9.59 Å². The van der Waals surface area contributed by atoms with Crippen LogP contribution in [0.5, 0.6) is 5.75 Å². The third kappa shape index (κ3) is 9.66. The van der Waals surface area contributed by atoms with Crippen LogP contribution < -0.4 is 15.4 Å². The van der Waals surface area contributed by atoms with Gasteiger partial charge in [0.2, 0.25) is 5.91 Å². The third-order valence-electron chi connectivity index (χ3n) is 5.77. The molecule has 0 bridgehead atoms. The molecule has 0 aromatic heterocycles. The van der Waals surface area contributed by atoms with E-state index in [2.05, 4.69) is 26.6 Å². The third-order valence-corrected chi connectivity index (χ3v) is 6.99. The highest BCUT2D eigenvalue weighted by Gasteiger charge is 2.23. The average molecular weight is 638 g/mol. The second kappa shape index (κ2) is 14.9. The van der Waals surface area contributed by atoms with E-state index in [0.717, 1.165) is 11.1 Å². The van der Waals surface area contributed by atoms with Crippen molar-refractivity contribution in [3.05, 3.63) is 129 Å². The molecular formula is C31H26BrClN2O6. The van der Waals surface area contributed by atoms with Crippen molar-refractivity contribution in [1.82, 2.24) is 5.32 Å². The largest absolute Gasteiger partial charge is 0.514 e. The lowest BCUT2D eigenvalue weighted by Crippen LogP contribution is -2.45. The maximum Gasteiger partial charge on any atom is 0.514 e. The molecule has 2 N–H and O–H groups in total. The number of carbonyl (C=O) groups excluding carboxylic acids is 3. The van der Waals surface area contributed by atoms with Crippen LogP contribution >= 0.6 is 27.5 Å². The molecular weight excluding hydrogens is 612 g/mol. The fourth-order valence-electron chi connectivity index (χ4n) is 3.69. The molecule has 0 aliphatic rings. The number of hydrogen-bond acceptors (Lipinski definition) is 6. The molecule has 4 rings (SSSR count). The van der Waals surface area contributed by atoms with E-state index in [1.54, 1.807) is 42.5 Å². The molecule has 0 radical (unpaired) electrons. The number of rotatable bonds is 10. The van der Waals surface area contributed by atoms with Crippen LogP contribution in [0.25, 0.3) is 0 Å². The summed E-state index contributed by atoms with van der Waals surface area (Å²) in [6, 6.07) is 29.0. The quantitative estimate of drug-likeness (QED) is 0.140. The minimum Gasteiger partial charge on any atom is -0.445 e. The van der Waals surface area contributed by atoms with E-state index in [-0.39, 0.29) is 25.4 Å². The van der Waals surface area contributed by atoms with E-state index in [4.69, 9.17) is 25.8 Å². The van der Waals surface area contributed by atoms with Gasteiger partial charge in [0.1, 0.15) is 25.0 Å². The number of amides is 2. The standard InChI is InChI=1S/C31H26BrClN2O6/c32-26-18-24(13-16-27(26)33)34-29(36)28(35-30(37)39-19-22-7-3-1-4-8-22)17-21-11-14-25(15-12-21)41-31(38)40-20-23-9-5-2-6-10-23/h1-16,18,28H,17,19-20H2,(H,34,36)(H,35,37)/t28-/m0/s1. The van der Waals surface area contributed by atoms with Gasteiger partial charge in [-0.15, -0.1) is 0 Å². The van der Waals surface area contributed by atoms with Crippen molar-refractivity contribution in [3.63, 3.8) is 0 Å². The smallest absolute Gasteiger partial charge is 0.445 e. The Labute approximate surface area is 250 Å². The summed E-state index contributed by atoms with van der Waals surface area (Å²) in [5.74, 6) is -0.185. The highest BCUT2D eigenvalue weighted by Crippen LogP contribution is 2.26. The Bertz CT molecular complexity index is 1470. The summed E-state index contributed by atoms with van der Waals surface area (Å²) in [7, 11) is 0. The molecule has 4 aromatic rings. The number of carbonyl (C=O) groups is 3. The minimum absolute atomic E-state index is 0.0531. The topological polar surface area (TPSA) is 103 Å². The van der Waals surface area contributed by atoms with Crippen LogP contribution in [0.1, 0.15) is 16.7 Å². The molecule has 0 saturated heterocycles. The predicted octanol–water partition coefficient (Wildman–Crippen LogP) is 7.29. The van der Waals surface area contributed by atoms with Crippen molar-refractivity contribution < 1.29 is 28.6 Å². The van der Waals surface area contributed by atoms with Crippen LogP contribution in [0.4, 0.5) is 15.3 Å². The number of hydrogen-bond donors (Lipinski definition) is 2. The Kier molecular flexibility index (Phi) is 10.8. The second-order valence-electron chi connectivity index (χ2n) is 8.85. The van der Waals surface area contributed by atoms with E-state index >= 15 is 0 Å². The summed E-state index contributed by atoms with van der Waals surface area (Å²) in [4.78, 5) is 37.9. The maximum atomic E-state index is 13.2. The van der Waals surface area contributed by atoms with Crippen molar-refractivity contribution in [2.45, 2.75) is 25.7 Å². The maximum absolute atomic E-state index is 13.2. The summed E-state index contributed by atoms with van der Waals surface area (Å²) in [6.45, 7) is 0.141. The zero-order valence-corrected chi connectivity index (χ0v) is 24.1. The first-order valence-electron chi connectivity index (χ1n) is 12.6. The van der Waals surface area contributed by atoms with Crippen LogP contribution in [-0.4, -0.2) is 24.2 Å². The molecule has 41 heavy (non-hydrogen) atoms. The molecule has 8 nitrogen and oxygen atoms in total. The number of nitrogens with one attached hydrogen (secondary N) is 2. The first-order chi connectivity index (χ1) is 19.9. The lowest BCUT2D eigenvalue weighted by molar-refractivity contribution is -0.118. The highest BCUT2D eigenvalue weighted by atomic mass is 79.9. The molecule has 210 valence electrons. The van der Waals surface area contributed by atoms with E-state index in [1.165, 1.54) is 0 Å². The zero-order chi connectivity index (χ0) is 29.0. The van der Waals surface area contributed by atoms with Gasteiger partial charge in [0.25, 0.3) is 0 Å². The highest BCUT2D eigenvalue weighted by molar-refractivity contribution is 9.10. The Balaban J connectivity index is 1.38. The summed E-state index contributed by atoms with van der Waals surface area (Å²) < 4.78 is 16.3. The predicted molar refractivity (Wildman–Crippen MR) is 159 cm³/mol. The first kappa shape index (κ1) is 29.6. The molecule has 2 amide bonds. The van der Waals surface area contributed by atoms with E-state index < -0.39 is 24.2 Å². The van der Waals surface area contributed by atoms with Crippen LogP contribution in [0.15, 0.2) is 108 Å². The fraction of sp³-hybridized carbons (Fsp3) is 0.129. The van der Waals surface area contributed by atoms with Crippen molar-refractivity contribution in [2.24, 2.45) is 0 Å². The second-order valence-corrected chi connectivity index (χ2v) is 10.1. The average Bonchev–Trinajstić information content (AvgIpc) is 2.98. The molecule has 1 atom stereocenters. The monoisotopic (exact) mass is 636 g/mol. The zero-order valence-electron chi connectivity index (χ0n) is 21.7. The lowest BCUT2D eigenvalue weighted by atomic mass is 10.0. The van der Waals surface area contributed by atoms with Crippen LogP contribution in [0, 0.1) is 0 Å². The van der Waals surface area contributed by atoms with Gasteiger partial charge in [-0.1, -0.05) is 84.4 Å². The summed E-state index contributed by atoms with van der Waals surface area (Å²) >= 11 is 9.40. The van der Waals surface area contributed by atoms with Crippen LogP contribution in [-0.2, 0) is 33.9 Å². The number of benzene rings is 4. The van der Waals surface area contributed by atoms with Crippen molar-refractivity contribution >= 4 is 51.4 Å². The van der Waals surface area contributed by atoms with Gasteiger partial charge in [-0.2, -0.15) is 0 Å². The molecule has 0 unspecified atom stereocenters. The van der Waals surface area contributed by atoms with Gasteiger partial charge in [0, 0.05) is 16.6 Å². The molecule has 0 aliphatic heterocycles. The lowest BCUT2D eigenvalue weighted by Gasteiger charge is -2.19. The first-order valence-corrected chi connectivity index (χ1v) is 13.7. The van der Waals surface area contributed by atoms with Crippen LogP contribution in [0.3, 0.4) is 0 Å². The summed E-state index contributed by atoms with van der Waals surface area (Å²) in [6.07, 6.45) is -1.44. The van der Waals surface area contributed by atoms with Gasteiger partial charge in [0.05, 0.1) is 5.02 Å². The fourth-order valence-corrected chi connectivity index (χ4v) is 4.19. The Hall–Kier alpha value is -4.34. The minimum atomic E-state index is -0.977. The van der Waals surface area contributed by atoms with Gasteiger partial charge < -0.3 is 24.8 Å². The van der Waals surface area contributed by atoms with Crippen LogP contribution in [0.2, 0.25) is 5.02 Å². The Morgan fingerprint density at radius 2 is 1.37 bits per heavy atom. The van der Waals surface area contributed by atoms with Crippen molar-refractivity contribution in [3.8, 4) is 5.75 Å². The van der Waals surface area contributed by atoms with Gasteiger partial charge in [0.15, 0.2) is 0 Å². The molecule has 0 heterocycles. The van der Waals surface area contributed by atoms with E-state index in [0.29, 0.717) is 20.7 Å². The summed E-state index contributed by atoms with van der Waals surface area (Å²) in [5.41, 5.74) is 2.85. The van der Waals surface area contributed by atoms with E-state index in [1.807, 2.05) is 60.7 Å². The van der Waals surface area contributed by atoms with Gasteiger partial charge in [-0.05, 0) is 63.0 Å². The molecule has 0 spiro atoms. The summed E-state index contributed by atoms with van der Waals surface area (Å²) in [5, 5.41) is 5.93. The SMILES string of the molecule is O=C(N[C@@H](Cc1ccc(OC(=O)OCc2ccccc2)cc1)C(=O)Nc1ccc(Cl)c(Br)c1)OCc1ccccc1. The molecule has 10 heteroatoms. The molecule has 0 aliphatic carbocycles. The number of halogens is 2. The number of alkyl carbamates (subject to hydrolysis) is 1. The number of ether oxygens (including phenoxy) is 3. The normalized spacial score (nSPS) is 11.2. The molecule has 0 saturated carbocycles. The van der Waals surface area contributed by atoms with E-state index in [9.17, 15) is 14.4 Å². The molecule has 4 aromatic carbocycles. The Morgan fingerprint density at radius 3 is 1.98 bits per heavy atom. The Morgan fingerprint density at radius 1 is 0.756 bits per heavy atom. The van der Waals surface area contributed by atoms with Crippen molar-refractivity contribution in [1.29, 1.82) is 0 Å². The van der Waals surface area contributed by atoms with Gasteiger partial charge >= 0.3 is 12.2 Å². The van der Waals surface area contributed by atoms with Gasteiger partial charge in [-0.3, -0.25) is 4.79 Å². The molecule has 0 fully saturated rings. The van der Waals surface area contributed by atoms with Crippen molar-refractivity contribution in [2.75, 3.05) is 5.32 Å². The number of anilines is 1.